The number of rotatable bonds is 9. The molecule has 0 fully saturated rings. The van der Waals surface area contributed by atoms with Crippen molar-refractivity contribution < 1.29 is 9.53 Å². The van der Waals surface area contributed by atoms with Crippen molar-refractivity contribution in [3.63, 3.8) is 0 Å². The third-order valence-electron chi connectivity index (χ3n) is 6.17. The predicted octanol–water partition coefficient (Wildman–Crippen LogP) is 5.45. The maximum absolute atomic E-state index is 12.3. The maximum Gasteiger partial charge on any atom is 0.257 e. The highest BCUT2D eigenvalue weighted by atomic mass is 16.5. The van der Waals surface area contributed by atoms with Crippen LogP contribution in [0.3, 0.4) is 0 Å². The van der Waals surface area contributed by atoms with Gasteiger partial charge in [-0.1, -0.05) is 48.0 Å². The zero-order valence-corrected chi connectivity index (χ0v) is 20.5. The van der Waals surface area contributed by atoms with Crippen molar-refractivity contribution >= 4 is 16.9 Å². The Hall–Kier alpha value is -3.60. The summed E-state index contributed by atoms with van der Waals surface area (Å²) in [4.78, 5) is 17.2. The van der Waals surface area contributed by atoms with Crippen LogP contribution in [0.2, 0.25) is 0 Å². The molecule has 0 aliphatic carbocycles. The van der Waals surface area contributed by atoms with Crippen LogP contribution in [0.5, 0.6) is 5.75 Å². The number of hydrogen-bond donors (Lipinski definition) is 1. The summed E-state index contributed by atoms with van der Waals surface area (Å²) in [5.74, 6) is 1.70. The van der Waals surface area contributed by atoms with Crippen LogP contribution in [0.4, 0.5) is 0 Å². The van der Waals surface area contributed by atoms with Gasteiger partial charge in [0.1, 0.15) is 11.6 Å². The molecule has 4 aromatic rings. The normalized spacial score (nSPS) is 11.1. The van der Waals surface area contributed by atoms with Crippen LogP contribution >= 0.6 is 0 Å². The highest BCUT2D eigenvalue weighted by Crippen LogP contribution is 2.21. The van der Waals surface area contributed by atoms with Crippen molar-refractivity contribution in [3.8, 4) is 5.75 Å². The number of benzene rings is 3. The molecule has 0 radical (unpaired) electrons. The van der Waals surface area contributed by atoms with E-state index >= 15 is 0 Å². The quantitative estimate of drug-likeness (QED) is 0.342. The smallest absolute Gasteiger partial charge is 0.257 e. The van der Waals surface area contributed by atoms with E-state index in [9.17, 15) is 4.79 Å². The molecular formula is C29H33N3O2. The molecule has 5 nitrogen and oxygen atoms in total. The Morgan fingerprint density at radius 2 is 1.68 bits per heavy atom. The Kier molecular flexibility index (Phi) is 7.31. The molecule has 0 aliphatic heterocycles. The number of imidazole rings is 1. The molecule has 0 spiro atoms. The predicted molar refractivity (Wildman–Crippen MR) is 137 cm³/mol. The van der Waals surface area contributed by atoms with Gasteiger partial charge in [-0.15, -0.1) is 0 Å². The second kappa shape index (κ2) is 10.6. The maximum atomic E-state index is 12.3. The number of nitrogens with zero attached hydrogens (tertiary/aromatic N) is 2. The monoisotopic (exact) mass is 455 g/mol. The fourth-order valence-electron chi connectivity index (χ4n) is 4.17. The van der Waals surface area contributed by atoms with Crippen molar-refractivity contribution in [2.24, 2.45) is 0 Å². The third-order valence-corrected chi connectivity index (χ3v) is 6.17. The van der Waals surface area contributed by atoms with Gasteiger partial charge in [-0.2, -0.15) is 0 Å². The van der Waals surface area contributed by atoms with Crippen LogP contribution in [0.25, 0.3) is 11.0 Å². The number of aromatic nitrogens is 2. The largest absolute Gasteiger partial charge is 0.483 e. The topological polar surface area (TPSA) is 56.2 Å². The highest BCUT2D eigenvalue weighted by Gasteiger charge is 2.12. The fraction of sp³-hybridized carbons (Fsp3) is 0.310. The first kappa shape index (κ1) is 23.6. The molecular weight excluding hydrogens is 422 g/mol. The van der Waals surface area contributed by atoms with Gasteiger partial charge >= 0.3 is 0 Å². The molecule has 1 amide bonds. The van der Waals surface area contributed by atoms with Crippen LogP contribution < -0.4 is 10.1 Å². The summed E-state index contributed by atoms with van der Waals surface area (Å²) in [6.07, 6.45) is 1.60. The molecule has 176 valence electrons. The lowest BCUT2D eigenvalue weighted by Gasteiger charge is -2.13. The lowest BCUT2D eigenvalue weighted by atomic mass is 10.1. The number of aryl methyl sites for hydroxylation is 5. The summed E-state index contributed by atoms with van der Waals surface area (Å²) in [5, 5.41) is 2.98. The summed E-state index contributed by atoms with van der Waals surface area (Å²) >= 11 is 0. The number of fused-ring (bicyclic) bond motifs is 1. The Bertz CT molecular complexity index is 1310. The third kappa shape index (κ3) is 5.66. The van der Waals surface area contributed by atoms with Gasteiger partial charge in [0.15, 0.2) is 6.61 Å². The molecule has 0 aliphatic rings. The molecule has 0 unspecified atom stereocenters. The highest BCUT2D eigenvalue weighted by molar-refractivity contribution is 5.77. The minimum Gasteiger partial charge on any atom is -0.483 e. The van der Waals surface area contributed by atoms with Crippen LogP contribution in [0.15, 0.2) is 60.7 Å². The summed E-state index contributed by atoms with van der Waals surface area (Å²) in [6.45, 7) is 9.68. The minimum atomic E-state index is -0.107. The van der Waals surface area contributed by atoms with E-state index in [2.05, 4.69) is 60.1 Å². The second-order valence-electron chi connectivity index (χ2n) is 9.04. The summed E-state index contributed by atoms with van der Waals surface area (Å²) in [6, 6.07) is 20.9. The van der Waals surface area contributed by atoms with Crippen molar-refractivity contribution in [2.75, 3.05) is 13.2 Å². The van der Waals surface area contributed by atoms with Gasteiger partial charge in [0, 0.05) is 19.5 Å². The van der Waals surface area contributed by atoms with Crippen LogP contribution in [0, 0.1) is 27.7 Å². The van der Waals surface area contributed by atoms with E-state index in [1.54, 1.807) is 0 Å². The number of ether oxygens (including phenoxy) is 1. The Balaban J connectivity index is 1.37. The number of hydrogen-bond acceptors (Lipinski definition) is 3. The average molecular weight is 456 g/mol. The van der Waals surface area contributed by atoms with Crippen molar-refractivity contribution in [1.29, 1.82) is 0 Å². The van der Waals surface area contributed by atoms with Gasteiger partial charge in [0.25, 0.3) is 5.91 Å². The summed E-state index contributed by atoms with van der Waals surface area (Å²) < 4.78 is 8.02. The summed E-state index contributed by atoms with van der Waals surface area (Å²) in [7, 11) is 0. The molecule has 34 heavy (non-hydrogen) atoms. The van der Waals surface area contributed by atoms with Gasteiger partial charge in [-0.3, -0.25) is 4.79 Å². The minimum absolute atomic E-state index is 0.0233. The molecule has 0 bridgehead atoms. The van der Waals surface area contributed by atoms with Gasteiger partial charge in [-0.05, 0) is 74.6 Å². The lowest BCUT2D eigenvalue weighted by molar-refractivity contribution is -0.123. The van der Waals surface area contributed by atoms with Crippen molar-refractivity contribution in [3.05, 3.63) is 94.3 Å². The SMILES string of the molecule is Cc1ccc(C)c(Cn2c(CCCNC(=O)COc3cc(C)ccc3C)nc3ccccc32)c1. The first-order valence-electron chi connectivity index (χ1n) is 11.9. The molecule has 5 heteroatoms. The molecule has 4 rings (SSSR count). The second-order valence-corrected chi connectivity index (χ2v) is 9.04. The number of nitrogens with one attached hydrogen (secondary N) is 1. The van der Waals surface area contributed by atoms with E-state index in [-0.39, 0.29) is 12.5 Å². The van der Waals surface area contributed by atoms with Crippen molar-refractivity contribution in [2.45, 2.75) is 47.1 Å². The van der Waals surface area contributed by atoms with Crippen LogP contribution in [-0.2, 0) is 17.8 Å². The average Bonchev–Trinajstić information content (AvgIpc) is 3.17. The Morgan fingerprint density at radius 1 is 0.941 bits per heavy atom. The van der Waals surface area contributed by atoms with Gasteiger partial charge in [0.2, 0.25) is 0 Å². The zero-order valence-electron chi connectivity index (χ0n) is 20.5. The van der Waals surface area contributed by atoms with Crippen LogP contribution in [-0.4, -0.2) is 28.6 Å². The van der Waals surface area contributed by atoms with Gasteiger partial charge in [-0.25, -0.2) is 4.98 Å². The van der Waals surface area contributed by atoms with Gasteiger partial charge in [0.05, 0.1) is 11.0 Å². The molecule has 3 aromatic carbocycles. The van der Waals surface area contributed by atoms with Crippen LogP contribution in [0.1, 0.15) is 40.1 Å². The molecule has 1 aromatic heterocycles. The number of carbonyl (C=O) groups is 1. The number of para-hydroxylation sites is 2. The first-order chi connectivity index (χ1) is 16.4. The molecule has 0 saturated heterocycles. The van der Waals surface area contributed by atoms with E-state index < -0.39 is 0 Å². The number of amides is 1. The Labute approximate surface area is 201 Å². The molecule has 1 N–H and O–H groups in total. The van der Waals surface area contributed by atoms with E-state index in [1.807, 2.05) is 38.1 Å². The van der Waals surface area contributed by atoms with E-state index in [4.69, 9.17) is 9.72 Å². The standard InChI is InChI=1S/C29H33N3O2/c1-20-11-13-22(3)24(16-20)18-32-26-9-6-5-8-25(26)31-28(32)10-7-15-30-29(33)19-34-27-17-21(2)12-14-23(27)4/h5-6,8-9,11-14,16-17H,7,10,15,18-19H2,1-4H3,(H,30,33). The number of carbonyl (C=O) groups excluding carboxylic acids is 1. The first-order valence-corrected chi connectivity index (χ1v) is 11.9. The van der Waals surface area contributed by atoms with Crippen molar-refractivity contribution in [1.82, 2.24) is 14.9 Å². The molecule has 0 saturated carbocycles. The Morgan fingerprint density at radius 3 is 2.50 bits per heavy atom. The van der Waals surface area contributed by atoms with E-state index in [0.29, 0.717) is 6.54 Å². The molecule has 1 heterocycles. The summed E-state index contributed by atoms with van der Waals surface area (Å²) in [5.41, 5.74) is 8.15. The van der Waals surface area contributed by atoms with E-state index in [1.165, 1.54) is 16.7 Å². The lowest BCUT2D eigenvalue weighted by Crippen LogP contribution is -2.30. The van der Waals surface area contributed by atoms with E-state index in [0.717, 1.165) is 53.1 Å². The zero-order chi connectivity index (χ0) is 24.1. The molecule has 0 atom stereocenters. The fourth-order valence-corrected chi connectivity index (χ4v) is 4.17. The van der Waals surface area contributed by atoms with Gasteiger partial charge < -0.3 is 14.6 Å².